The van der Waals surface area contributed by atoms with E-state index in [1.54, 1.807) is 20.0 Å². The van der Waals surface area contributed by atoms with Crippen molar-refractivity contribution in [2.24, 2.45) is 11.7 Å². The molecule has 8 N–H and O–H groups in total. The monoisotopic (exact) mass is 489 g/mol. The number of benzene rings is 1. The van der Waals surface area contributed by atoms with Crippen molar-refractivity contribution < 1.29 is 34.2 Å². The second-order valence-corrected chi connectivity index (χ2v) is 8.51. The minimum absolute atomic E-state index is 0.0396. The molecule has 190 valence electrons. The predicted octanol–water partition coefficient (Wildman–Crippen LogP) is -0.271. The third kappa shape index (κ3) is 8.10. The van der Waals surface area contributed by atoms with Crippen molar-refractivity contribution in [1.29, 1.82) is 0 Å². The van der Waals surface area contributed by atoms with Crippen LogP contribution in [-0.2, 0) is 30.4 Å². The zero-order valence-corrected chi connectivity index (χ0v) is 19.5. The Bertz CT molecular complexity index is 1080. The molecule has 1 aromatic heterocycles. The number of carboxylic acid groups (broad SMARTS) is 2. The molecule has 1 aromatic carbocycles. The number of carbonyl (C=O) groups is 5. The molecule has 3 amide bonds. The van der Waals surface area contributed by atoms with E-state index in [0.29, 0.717) is 0 Å². The van der Waals surface area contributed by atoms with Gasteiger partial charge in [0, 0.05) is 29.9 Å². The Morgan fingerprint density at radius 1 is 1.03 bits per heavy atom. The van der Waals surface area contributed by atoms with E-state index in [0.717, 1.165) is 16.5 Å². The molecule has 0 radical (unpaired) electrons. The minimum Gasteiger partial charge on any atom is -0.481 e. The van der Waals surface area contributed by atoms with E-state index < -0.39 is 54.3 Å². The maximum Gasteiger partial charge on any atom is 0.326 e. The lowest BCUT2D eigenvalue weighted by atomic mass is 10.0. The number of aromatic amines is 1. The Balaban J connectivity index is 1.92. The summed E-state index contributed by atoms with van der Waals surface area (Å²) < 4.78 is 0. The lowest BCUT2D eigenvalue weighted by molar-refractivity contribution is -0.141. The van der Waals surface area contributed by atoms with Crippen LogP contribution >= 0.6 is 0 Å². The zero-order valence-electron chi connectivity index (χ0n) is 19.5. The van der Waals surface area contributed by atoms with Gasteiger partial charge in [-0.3, -0.25) is 19.2 Å². The van der Waals surface area contributed by atoms with Gasteiger partial charge in [-0.15, -0.1) is 0 Å². The molecule has 3 unspecified atom stereocenters. The Morgan fingerprint density at radius 2 is 1.71 bits per heavy atom. The molecule has 0 aliphatic rings. The quantitative estimate of drug-likeness (QED) is 0.199. The van der Waals surface area contributed by atoms with Gasteiger partial charge in [0.15, 0.2) is 0 Å². The molecule has 2 aromatic rings. The van der Waals surface area contributed by atoms with E-state index in [9.17, 15) is 29.1 Å². The second-order valence-electron chi connectivity index (χ2n) is 8.51. The molecule has 35 heavy (non-hydrogen) atoms. The number of hydrogen-bond acceptors (Lipinski definition) is 6. The van der Waals surface area contributed by atoms with Crippen molar-refractivity contribution in [2.75, 3.05) is 6.54 Å². The van der Waals surface area contributed by atoms with Crippen LogP contribution in [-0.4, -0.2) is 69.5 Å². The number of carboxylic acids is 2. The van der Waals surface area contributed by atoms with Crippen LogP contribution < -0.4 is 21.7 Å². The van der Waals surface area contributed by atoms with Crippen molar-refractivity contribution in [1.82, 2.24) is 20.9 Å². The van der Waals surface area contributed by atoms with Gasteiger partial charge in [0.05, 0.1) is 12.6 Å². The van der Waals surface area contributed by atoms with Gasteiger partial charge >= 0.3 is 11.9 Å². The molecule has 2 rings (SSSR count). The number of carbonyl (C=O) groups excluding carboxylic acids is 3. The SMILES string of the molecule is CC(C)C(NC(=O)C(N)CCC(=O)O)C(=O)NCC(=O)NC(Cc1c[nH]c2ccccc12)C(=O)O. The number of hydrogen-bond donors (Lipinski definition) is 7. The summed E-state index contributed by atoms with van der Waals surface area (Å²) in [6.07, 6.45) is 1.34. The second kappa shape index (κ2) is 12.5. The van der Waals surface area contributed by atoms with Gasteiger partial charge in [0.25, 0.3) is 0 Å². The molecule has 0 saturated heterocycles. The summed E-state index contributed by atoms with van der Waals surface area (Å²) in [7, 11) is 0. The highest BCUT2D eigenvalue weighted by Gasteiger charge is 2.28. The molecule has 12 nitrogen and oxygen atoms in total. The van der Waals surface area contributed by atoms with E-state index in [-0.39, 0.29) is 25.2 Å². The summed E-state index contributed by atoms with van der Waals surface area (Å²) in [5, 5.41) is 26.4. The standard InChI is InChI=1S/C23H31N5O7/c1-12(2)20(28-21(32)15(24)7-8-19(30)31)22(33)26-11-18(29)27-17(23(34)35)9-13-10-25-16-6-4-3-5-14(13)16/h3-6,10,12,15,17,20,25H,7-9,11,24H2,1-2H3,(H,26,33)(H,27,29)(H,28,32)(H,30,31)(H,34,35). The largest absolute Gasteiger partial charge is 0.481 e. The van der Waals surface area contributed by atoms with Crippen LogP contribution in [0.25, 0.3) is 10.9 Å². The average Bonchev–Trinajstić information content (AvgIpc) is 3.21. The van der Waals surface area contributed by atoms with Gasteiger partial charge in [-0.05, 0) is 24.0 Å². The number of fused-ring (bicyclic) bond motifs is 1. The van der Waals surface area contributed by atoms with Crippen molar-refractivity contribution in [3.63, 3.8) is 0 Å². The molecule has 12 heteroatoms. The molecule has 3 atom stereocenters. The minimum atomic E-state index is -1.22. The lowest BCUT2D eigenvalue weighted by Crippen LogP contribution is -2.55. The normalized spacial score (nSPS) is 13.6. The number of nitrogens with one attached hydrogen (secondary N) is 4. The third-order valence-electron chi connectivity index (χ3n) is 5.41. The molecule has 0 spiro atoms. The molecule has 0 fully saturated rings. The van der Waals surface area contributed by atoms with Crippen LogP contribution in [0, 0.1) is 5.92 Å². The summed E-state index contributed by atoms with van der Waals surface area (Å²) in [5.74, 6) is -4.73. The van der Waals surface area contributed by atoms with E-state index in [2.05, 4.69) is 20.9 Å². The lowest BCUT2D eigenvalue weighted by Gasteiger charge is -2.23. The average molecular weight is 490 g/mol. The Kier molecular flexibility index (Phi) is 9.76. The molecule has 1 heterocycles. The van der Waals surface area contributed by atoms with Gasteiger partial charge in [-0.1, -0.05) is 32.0 Å². The first-order valence-electron chi connectivity index (χ1n) is 11.1. The Hall–Kier alpha value is -3.93. The van der Waals surface area contributed by atoms with Crippen molar-refractivity contribution in [3.8, 4) is 0 Å². The van der Waals surface area contributed by atoms with E-state index in [1.165, 1.54) is 0 Å². The first-order chi connectivity index (χ1) is 16.5. The van der Waals surface area contributed by atoms with E-state index >= 15 is 0 Å². The maximum atomic E-state index is 12.6. The highest BCUT2D eigenvalue weighted by Crippen LogP contribution is 2.19. The van der Waals surface area contributed by atoms with Crippen molar-refractivity contribution in [3.05, 3.63) is 36.0 Å². The highest BCUT2D eigenvalue weighted by molar-refractivity contribution is 5.93. The summed E-state index contributed by atoms with van der Waals surface area (Å²) in [4.78, 5) is 62.6. The van der Waals surface area contributed by atoms with Gasteiger partial charge in [0.1, 0.15) is 12.1 Å². The highest BCUT2D eigenvalue weighted by atomic mass is 16.4. The zero-order chi connectivity index (χ0) is 26.1. The number of rotatable bonds is 13. The topological polar surface area (TPSA) is 204 Å². The number of para-hydroxylation sites is 1. The number of H-pyrrole nitrogens is 1. The third-order valence-corrected chi connectivity index (χ3v) is 5.41. The summed E-state index contributed by atoms with van der Waals surface area (Å²) in [5.41, 5.74) is 7.24. The number of nitrogens with two attached hydrogens (primary N) is 1. The molecular formula is C23H31N5O7. The van der Waals surface area contributed by atoms with Gasteiger partial charge in [-0.25, -0.2) is 4.79 Å². The van der Waals surface area contributed by atoms with Crippen LogP contribution in [0.5, 0.6) is 0 Å². The maximum absolute atomic E-state index is 12.6. The van der Waals surface area contributed by atoms with Gasteiger partial charge < -0.3 is 36.9 Å². The summed E-state index contributed by atoms with van der Waals surface area (Å²) >= 11 is 0. The van der Waals surface area contributed by atoms with Crippen LogP contribution in [0.4, 0.5) is 0 Å². The van der Waals surface area contributed by atoms with Gasteiger partial charge in [0.2, 0.25) is 17.7 Å². The first-order valence-corrected chi connectivity index (χ1v) is 11.1. The molecule has 0 aliphatic heterocycles. The van der Waals surface area contributed by atoms with Crippen LogP contribution in [0.2, 0.25) is 0 Å². The van der Waals surface area contributed by atoms with Crippen molar-refractivity contribution in [2.45, 2.75) is 51.2 Å². The van der Waals surface area contributed by atoms with E-state index in [1.807, 2.05) is 24.3 Å². The Labute approximate surface area is 201 Å². The fraction of sp³-hybridized carbons (Fsp3) is 0.435. The van der Waals surface area contributed by atoms with Crippen molar-refractivity contribution >= 4 is 40.6 Å². The van der Waals surface area contributed by atoms with E-state index in [4.69, 9.17) is 10.8 Å². The first kappa shape index (κ1) is 27.3. The summed E-state index contributed by atoms with van der Waals surface area (Å²) in [6, 6.07) is 4.02. The van der Waals surface area contributed by atoms with Crippen LogP contribution in [0.1, 0.15) is 32.3 Å². The molecule has 0 saturated carbocycles. The smallest absolute Gasteiger partial charge is 0.326 e. The van der Waals surface area contributed by atoms with Gasteiger partial charge in [-0.2, -0.15) is 0 Å². The molecular weight excluding hydrogens is 458 g/mol. The Morgan fingerprint density at radius 3 is 2.34 bits per heavy atom. The fourth-order valence-corrected chi connectivity index (χ4v) is 3.45. The van der Waals surface area contributed by atoms with Crippen LogP contribution in [0.15, 0.2) is 30.5 Å². The number of aliphatic carboxylic acids is 2. The molecule has 0 bridgehead atoms. The summed E-state index contributed by atoms with van der Waals surface area (Å²) in [6.45, 7) is 2.85. The fourth-order valence-electron chi connectivity index (χ4n) is 3.45. The number of amides is 3. The predicted molar refractivity (Wildman–Crippen MR) is 126 cm³/mol. The molecule has 0 aliphatic carbocycles. The van der Waals surface area contributed by atoms with Crippen LogP contribution in [0.3, 0.4) is 0 Å². The number of aromatic nitrogens is 1.